The van der Waals surface area contributed by atoms with E-state index in [9.17, 15) is 0 Å². The van der Waals surface area contributed by atoms with Crippen LogP contribution < -0.4 is 0 Å². The quantitative estimate of drug-likeness (QED) is 0.617. The van der Waals surface area contributed by atoms with Crippen molar-refractivity contribution in [3.63, 3.8) is 0 Å². The van der Waals surface area contributed by atoms with Crippen molar-refractivity contribution < 1.29 is 0 Å². The highest BCUT2D eigenvalue weighted by molar-refractivity contribution is 5.78. The minimum Gasteiger partial charge on any atom is -0.262 e. The van der Waals surface area contributed by atoms with E-state index in [1.807, 2.05) is 26.8 Å². The Kier molecular flexibility index (Phi) is 3.31. The topological polar surface area (TPSA) is 38.7 Å². The molecule has 0 atom stereocenters. The Morgan fingerprint density at radius 2 is 1.92 bits per heavy atom. The molecule has 0 unspecified atom stereocenters. The molecule has 3 nitrogen and oxygen atoms in total. The van der Waals surface area contributed by atoms with Crippen LogP contribution in [0.4, 0.5) is 0 Å². The Hall–Kier alpha value is -1.51. The van der Waals surface area contributed by atoms with Gasteiger partial charge in [-0.25, -0.2) is 9.97 Å². The van der Waals surface area contributed by atoms with Gasteiger partial charge in [-0.3, -0.25) is 4.98 Å². The Morgan fingerprint density at radius 1 is 1.15 bits per heavy atom. The molecule has 0 aliphatic heterocycles. The van der Waals surface area contributed by atoms with Gasteiger partial charge in [0.05, 0.1) is 11.7 Å². The maximum atomic E-state index is 4.07. The zero-order valence-corrected chi connectivity index (χ0v) is 8.15. The van der Waals surface area contributed by atoms with Gasteiger partial charge in [0, 0.05) is 17.3 Å². The van der Waals surface area contributed by atoms with Crippen molar-refractivity contribution in [1.82, 2.24) is 15.0 Å². The zero-order valence-electron chi connectivity index (χ0n) is 8.15. The van der Waals surface area contributed by atoms with Gasteiger partial charge in [0.15, 0.2) is 0 Å². The summed E-state index contributed by atoms with van der Waals surface area (Å²) in [4.78, 5) is 12.1. The first-order chi connectivity index (χ1) is 6.38. The van der Waals surface area contributed by atoms with Crippen molar-refractivity contribution in [2.45, 2.75) is 20.8 Å². The fraction of sp³-hybridized carbons (Fsp3) is 0.300. The molecule has 0 aliphatic rings. The maximum absolute atomic E-state index is 4.07. The van der Waals surface area contributed by atoms with Gasteiger partial charge in [-0.15, -0.1) is 0 Å². The summed E-state index contributed by atoms with van der Waals surface area (Å²) in [7, 11) is 0. The average Bonchev–Trinajstić information content (AvgIpc) is 2.22. The maximum Gasteiger partial charge on any atom is 0.116 e. The fourth-order valence-corrected chi connectivity index (χ4v) is 1.04. The summed E-state index contributed by atoms with van der Waals surface area (Å²) in [5.74, 6) is 0. The first kappa shape index (κ1) is 9.58. The second kappa shape index (κ2) is 4.50. The molecule has 2 aromatic rings. The molecule has 0 amide bonds. The molecule has 0 N–H and O–H groups in total. The lowest BCUT2D eigenvalue weighted by molar-refractivity contribution is 1.14. The first-order valence-electron chi connectivity index (χ1n) is 4.39. The van der Waals surface area contributed by atoms with Crippen molar-refractivity contribution in [3.05, 3.63) is 30.5 Å². The molecule has 0 radical (unpaired) electrons. The van der Waals surface area contributed by atoms with Crippen LogP contribution in [0.15, 0.2) is 24.8 Å². The van der Waals surface area contributed by atoms with Crippen LogP contribution in [0.3, 0.4) is 0 Å². The van der Waals surface area contributed by atoms with Crippen LogP contribution in [0.5, 0.6) is 0 Å². The third-order valence-electron chi connectivity index (χ3n) is 1.64. The Labute approximate surface area is 77.9 Å². The third-order valence-corrected chi connectivity index (χ3v) is 1.64. The second-order valence-electron chi connectivity index (χ2n) is 2.35. The third kappa shape index (κ3) is 1.99. The molecule has 2 aromatic heterocycles. The van der Waals surface area contributed by atoms with Gasteiger partial charge < -0.3 is 0 Å². The number of pyridine rings is 1. The van der Waals surface area contributed by atoms with Crippen LogP contribution in [0.2, 0.25) is 0 Å². The van der Waals surface area contributed by atoms with Gasteiger partial charge >= 0.3 is 0 Å². The van der Waals surface area contributed by atoms with E-state index >= 15 is 0 Å². The molecule has 2 rings (SSSR count). The molecule has 0 saturated carbocycles. The van der Waals surface area contributed by atoms with Crippen LogP contribution in [-0.4, -0.2) is 15.0 Å². The molecular formula is C10H13N3. The van der Waals surface area contributed by atoms with E-state index in [0.29, 0.717) is 0 Å². The first-order valence-corrected chi connectivity index (χ1v) is 4.39. The van der Waals surface area contributed by atoms with Gasteiger partial charge in [-0.1, -0.05) is 13.8 Å². The molecule has 2 heterocycles. The van der Waals surface area contributed by atoms with Gasteiger partial charge in [0.1, 0.15) is 6.33 Å². The average molecular weight is 175 g/mol. The normalized spacial score (nSPS) is 9.15. The van der Waals surface area contributed by atoms with Crippen LogP contribution in [-0.2, 0) is 0 Å². The number of aryl methyl sites for hydroxylation is 1. The fourth-order valence-electron chi connectivity index (χ4n) is 1.04. The lowest BCUT2D eigenvalue weighted by Crippen LogP contribution is -1.86. The standard InChI is InChI=1S/C8H7N3.C2H6/c1-6-7-2-3-9-4-8(7)11-5-10-6;1-2/h2-5H,1H3;1-2H3. The summed E-state index contributed by atoms with van der Waals surface area (Å²) >= 11 is 0. The predicted octanol–water partition coefficient (Wildman–Crippen LogP) is 2.36. The highest BCUT2D eigenvalue weighted by atomic mass is 14.8. The minimum absolute atomic E-state index is 0.903. The molecule has 68 valence electrons. The largest absolute Gasteiger partial charge is 0.262 e. The van der Waals surface area contributed by atoms with Gasteiger partial charge in [-0.05, 0) is 13.0 Å². The Morgan fingerprint density at radius 3 is 2.62 bits per heavy atom. The van der Waals surface area contributed by atoms with Crippen LogP contribution in [0, 0.1) is 6.92 Å². The lowest BCUT2D eigenvalue weighted by Gasteiger charge is -1.96. The number of hydrogen-bond acceptors (Lipinski definition) is 3. The zero-order chi connectivity index (χ0) is 9.68. The number of rotatable bonds is 0. The van der Waals surface area contributed by atoms with E-state index in [-0.39, 0.29) is 0 Å². The smallest absolute Gasteiger partial charge is 0.116 e. The molecule has 0 spiro atoms. The summed E-state index contributed by atoms with van der Waals surface area (Å²) in [6, 6.07) is 1.92. The van der Waals surface area contributed by atoms with Crippen molar-refractivity contribution in [3.8, 4) is 0 Å². The van der Waals surface area contributed by atoms with Crippen molar-refractivity contribution in [2.24, 2.45) is 0 Å². The number of hydrogen-bond donors (Lipinski definition) is 0. The molecule has 0 bridgehead atoms. The van der Waals surface area contributed by atoms with Crippen LogP contribution >= 0.6 is 0 Å². The number of nitrogens with zero attached hydrogens (tertiary/aromatic N) is 3. The monoisotopic (exact) mass is 175 g/mol. The number of aromatic nitrogens is 3. The summed E-state index contributed by atoms with van der Waals surface area (Å²) in [6.45, 7) is 5.96. The van der Waals surface area contributed by atoms with E-state index in [1.165, 1.54) is 0 Å². The highest BCUT2D eigenvalue weighted by Gasteiger charge is 1.95. The van der Waals surface area contributed by atoms with E-state index in [1.54, 1.807) is 18.7 Å². The Bertz CT molecular complexity index is 379. The SMILES string of the molecule is CC.Cc1ncnc2cnccc12. The Balaban J connectivity index is 0.000000396. The van der Waals surface area contributed by atoms with Crippen LogP contribution in [0.1, 0.15) is 19.5 Å². The lowest BCUT2D eigenvalue weighted by atomic mass is 10.2. The molecule has 0 saturated heterocycles. The molecular weight excluding hydrogens is 162 g/mol. The van der Waals surface area contributed by atoms with Crippen LogP contribution in [0.25, 0.3) is 10.9 Å². The van der Waals surface area contributed by atoms with Crippen molar-refractivity contribution in [1.29, 1.82) is 0 Å². The van der Waals surface area contributed by atoms with Crippen molar-refractivity contribution >= 4 is 10.9 Å². The molecule has 13 heavy (non-hydrogen) atoms. The summed E-state index contributed by atoms with van der Waals surface area (Å²) in [5, 5.41) is 1.07. The predicted molar refractivity (Wildman–Crippen MR) is 53.4 cm³/mol. The van der Waals surface area contributed by atoms with Gasteiger partial charge in [0.2, 0.25) is 0 Å². The van der Waals surface area contributed by atoms with Crippen molar-refractivity contribution in [2.75, 3.05) is 0 Å². The molecule has 0 aromatic carbocycles. The van der Waals surface area contributed by atoms with E-state index < -0.39 is 0 Å². The van der Waals surface area contributed by atoms with Gasteiger partial charge in [0.25, 0.3) is 0 Å². The molecule has 3 heteroatoms. The molecule has 0 aliphatic carbocycles. The highest BCUT2D eigenvalue weighted by Crippen LogP contribution is 2.10. The summed E-state index contributed by atoms with van der Waals surface area (Å²) < 4.78 is 0. The molecule has 0 fully saturated rings. The number of fused-ring (bicyclic) bond motifs is 1. The van der Waals surface area contributed by atoms with E-state index in [4.69, 9.17) is 0 Å². The van der Waals surface area contributed by atoms with E-state index in [0.717, 1.165) is 16.6 Å². The summed E-state index contributed by atoms with van der Waals surface area (Å²) in [5.41, 5.74) is 1.90. The second-order valence-corrected chi connectivity index (χ2v) is 2.35. The van der Waals surface area contributed by atoms with Gasteiger partial charge in [-0.2, -0.15) is 0 Å². The minimum atomic E-state index is 0.903. The summed E-state index contributed by atoms with van der Waals surface area (Å²) in [6.07, 6.45) is 5.04. The van der Waals surface area contributed by atoms with E-state index in [2.05, 4.69) is 15.0 Å².